The Bertz CT molecular complexity index is 671. The third-order valence-corrected chi connectivity index (χ3v) is 3.37. The Labute approximate surface area is 156 Å². The van der Waals surface area contributed by atoms with Crippen molar-refractivity contribution in [2.75, 3.05) is 11.9 Å². The summed E-state index contributed by atoms with van der Waals surface area (Å²) in [6, 6.07) is 1.79. The molecule has 1 aromatic heterocycles. The average Bonchev–Trinajstić information content (AvgIpc) is 2.53. The highest BCUT2D eigenvalue weighted by molar-refractivity contribution is 6.32. The SMILES string of the molecule is Bc1cnc(NC(=O)CNC(=O)OC(C)(C)C)c(O[C@H](C)C(=C)CC)c1. The first-order valence-electron chi connectivity index (χ1n) is 8.59. The molecule has 0 bridgehead atoms. The topological polar surface area (TPSA) is 89.6 Å². The largest absolute Gasteiger partial charge is 0.483 e. The van der Waals surface area contributed by atoms with Crippen LogP contribution in [0.1, 0.15) is 41.0 Å². The lowest BCUT2D eigenvalue weighted by atomic mass is 9.98. The first-order valence-corrected chi connectivity index (χ1v) is 8.59. The zero-order valence-electron chi connectivity index (χ0n) is 16.4. The molecule has 0 radical (unpaired) electrons. The minimum Gasteiger partial charge on any atom is -0.483 e. The highest BCUT2D eigenvalue weighted by atomic mass is 16.6. The predicted molar refractivity (Wildman–Crippen MR) is 105 cm³/mol. The van der Waals surface area contributed by atoms with E-state index in [2.05, 4.69) is 22.2 Å². The van der Waals surface area contributed by atoms with Crippen LogP contribution in [0.2, 0.25) is 0 Å². The third-order valence-electron chi connectivity index (χ3n) is 3.37. The number of carbonyl (C=O) groups is 2. The molecule has 1 heterocycles. The number of nitrogens with one attached hydrogen (secondary N) is 2. The molecule has 1 aromatic rings. The number of pyridine rings is 1. The van der Waals surface area contributed by atoms with Crippen LogP contribution in [0, 0.1) is 0 Å². The van der Waals surface area contributed by atoms with Gasteiger partial charge in [-0.2, -0.15) is 0 Å². The number of carbonyl (C=O) groups excluding carboxylic acids is 2. The van der Waals surface area contributed by atoms with Gasteiger partial charge in [0, 0.05) is 6.20 Å². The summed E-state index contributed by atoms with van der Waals surface area (Å²) in [5.74, 6) is 0.319. The molecular weight excluding hydrogens is 333 g/mol. The lowest BCUT2D eigenvalue weighted by Gasteiger charge is -2.20. The number of amides is 2. The van der Waals surface area contributed by atoms with Crippen molar-refractivity contribution in [2.24, 2.45) is 0 Å². The fourth-order valence-electron chi connectivity index (χ4n) is 1.93. The van der Waals surface area contributed by atoms with Crippen molar-refractivity contribution in [1.82, 2.24) is 10.3 Å². The van der Waals surface area contributed by atoms with Gasteiger partial charge >= 0.3 is 6.09 Å². The van der Waals surface area contributed by atoms with E-state index in [1.807, 2.05) is 21.7 Å². The van der Waals surface area contributed by atoms with E-state index in [9.17, 15) is 9.59 Å². The molecule has 0 fully saturated rings. The zero-order chi connectivity index (χ0) is 19.9. The molecule has 8 heteroatoms. The number of alkyl carbamates (subject to hydrolysis) is 1. The van der Waals surface area contributed by atoms with Gasteiger partial charge in [0.2, 0.25) is 5.91 Å². The first-order chi connectivity index (χ1) is 12.0. The van der Waals surface area contributed by atoms with Crippen molar-refractivity contribution in [2.45, 2.75) is 52.7 Å². The molecule has 0 aliphatic heterocycles. The minimum atomic E-state index is -0.658. The van der Waals surface area contributed by atoms with Gasteiger partial charge in [0.1, 0.15) is 26.1 Å². The number of anilines is 1. The Morgan fingerprint density at radius 2 is 2.04 bits per heavy atom. The number of ether oxygens (including phenoxy) is 2. The van der Waals surface area contributed by atoms with Crippen LogP contribution in [0.25, 0.3) is 0 Å². The second-order valence-electron chi connectivity index (χ2n) is 7.03. The van der Waals surface area contributed by atoms with Crippen LogP contribution in [0.5, 0.6) is 5.75 Å². The smallest absolute Gasteiger partial charge is 0.408 e. The van der Waals surface area contributed by atoms with Crippen LogP contribution in [0.3, 0.4) is 0 Å². The highest BCUT2D eigenvalue weighted by Gasteiger charge is 2.18. The van der Waals surface area contributed by atoms with Crippen molar-refractivity contribution >= 4 is 31.1 Å². The minimum absolute atomic E-state index is 0.209. The van der Waals surface area contributed by atoms with Gasteiger partial charge in [-0.1, -0.05) is 19.0 Å². The Balaban J connectivity index is 2.72. The van der Waals surface area contributed by atoms with Crippen LogP contribution in [0.4, 0.5) is 10.6 Å². The van der Waals surface area contributed by atoms with Gasteiger partial charge in [0.05, 0.1) is 0 Å². The maximum Gasteiger partial charge on any atom is 0.408 e. The molecule has 0 saturated heterocycles. The van der Waals surface area contributed by atoms with Crippen LogP contribution >= 0.6 is 0 Å². The van der Waals surface area contributed by atoms with Crippen molar-refractivity contribution in [1.29, 1.82) is 0 Å². The molecule has 1 rings (SSSR count). The van der Waals surface area contributed by atoms with Gasteiger partial charge in [-0.05, 0) is 45.8 Å². The molecule has 2 amide bonds. The summed E-state index contributed by atoms with van der Waals surface area (Å²) in [6.45, 7) is 12.9. The van der Waals surface area contributed by atoms with E-state index >= 15 is 0 Å². The van der Waals surface area contributed by atoms with E-state index in [0.29, 0.717) is 11.6 Å². The Morgan fingerprint density at radius 1 is 1.38 bits per heavy atom. The summed E-state index contributed by atoms with van der Waals surface area (Å²) < 4.78 is 11.0. The van der Waals surface area contributed by atoms with Gasteiger partial charge in [-0.25, -0.2) is 9.78 Å². The molecular formula is C18H28BN3O4. The van der Waals surface area contributed by atoms with Crippen molar-refractivity contribution < 1.29 is 19.1 Å². The normalized spacial score (nSPS) is 12.0. The first kappa shape index (κ1) is 21.5. The third kappa shape index (κ3) is 7.59. The lowest BCUT2D eigenvalue weighted by Crippen LogP contribution is -2.37. The monoisotopic (exact) mass is 361 g/mol. The summed E-state index contributed by atoms with van der Waals surface area (Å²) in [5, 5.41) is 5.05. The van der Waals surface area contributed by atoms with Crippen LogP contribution in [0.15, 0.2) is 24.4 Å². The summed E-state index contributed by atoms with van der Waals surface area (Å²) in [7, 11) is 1.88. The molecule has 2 N–H and O–H groups in total. The average molecular weight is 361 g/mol. The molecule has 7 nitrogen and oxygen atoms in total. The molecule has 142 valence electrons. The van der Waals surface area contributed by atoms with Gasteiger partial charge < -0.3 is 20.1 Å². The fourth-order valence-corrected chi connectivity index (χ4v) is 1.93. The van der Waals surface area contributed by atoms with E-state index in [-0.39, 0.29) is 12.6 Å². The van der Waals surface area contributed by atoms with Crippen molar-refractivity contribution in [3.05, 3.63) is 24.4 Å². The summed E-state index contributed by atoms with van der Waals surface area (Å²) >= 11 is 0. The number of rotatable bonds is 7. The van der Waals surface area contributed by atoms with Gasteiger partial charge in [-0.3, -0.25) is 4.79 Å². The maximum absolute atomic E-state index is 12.1. The van der Waals surface area contributed by atoms with Crippen LogP contribution in [-0.4, -0.2) is 43.1 Å². The zero-order valence-corrected chi connectivity index (χ0v) is 16.4. The summed E-state index contributed by atoms with van der Waals surface area (Å²) in [4.78, 5) is 27.9. The van der Waals surface area contributed by atoms with Crippen LogP contribution in [-0.2, 0) is 9.53 Å². The van der Waals surface area contributed by atoms with Crippen LogP contribution < -0.4 is 20.8 Å². The molecule has 1 atom stereocenters. The van der Waals surface area contributed by atoms with E-state index in [0.717, 1.165) is 17.5 Å². The maximum atomic E-state index is 12.1. The molecule has 0 aromatic carbocycles. The number of aromatic nitrogens is 1. The Morgan fingerprint density at radius 3 is 2.62 bits per heavy atom. The number of hydrogen-bond donors (Lipinski definition) is 2. The Kier molecular flexibility index (Phi) is 7.67. The second-order valence-corrected chi connectivity index (χ2v) is 7.03. The lowest BCUT2D eigenvalue weighted by molar-refractivity contribution is -0.115. The van der Waals surface area contributed by atoms with E-state index < -0.39 is 17.6 Å². The summed E-state index contributed by atoms with van der Waals surface area (Å²) in [6.07, 6.45) is 1.55. The van der Waals surface area contributed by atoms with Crippen molar-refractivity contribution in [3.8, 4) is 5.75 Å². The van der Waals surface area contributed by atoms with Gasteiger partial charge in [0.15, 0.2) is 11.6 Å². The molecule has 0 aliphatic carbocycles. The fraction of sp³-hybridized carbons (Fsp3) is 0.500. The van der Waals surface area contributed by atoms with Gasteiger partial charge in [0.25, 0.3) is 0 Å². The molecule has 0 spiro atoms. The quantitative estimate of drug-likeness (QED) is 0.568. The van der Waals surface area contributed by atoms with Crippen molar-refractivity contribution in [3.63, 3.8) is 0 Å². The van der Waals surface area contributed by atoms with E-state index in [4.69, 9.17) is 9.47 Å². The standard InChI is InChI=1S/C18H28BN3O4/c1-7-11(2)12(3)25-14-8-13(19)9-20-16(14)22-15(23)10-21-17(24)26-18(4,5)6/h8-9,12H,2,7,10,19H2,1,3-6H3,(H,21,24)(H,20,22,23)/t12-/m1/s1. The number of nitrogens with zero attached hydrogens (tertiary/aromatic N) is 1. The molecule has 26 heavy (non-hydrogen) atoms. The molecule has 0 unspecified atom stereocenters. The predicted octanol–water partition coefficient (Wildman–Crippen LogP) is 1.54. The second kappa shape index (κ2) is 9.26. The highest BCUT2D eigenvalue weighted by Crippen LogP contribution is 2.23. The summed E-state index contributed by atoms with van der Waals surface area (Å²) in [5.41, 5.74) is 1.22. The molecule has 0 aliphatic rings. The van der Waals surface area contributed by atoms with Gasteiger partial charge in [-0.15, -0.1) is 0 Å². The number of hydrogen-bond acceptors (Lipinski definition) is 5. The van der Waals surface area contributed by atoms with E-state index in [1.165, 1.54) is 0 Å². The van der Waals surface area contributed by atoms with E-state index in [1.54, 1.807) is 33.0 Å². The molecule has 0 saturated carbocycles. The Hall–Kier alpha value is -2.51.